The van der Waals surface area contributed by atoms with Crippen LogP contribution in [-0.4, -0.2) is 22.2 Å². The number of H-pyrrole nitrogens is 1. The molecular weight excluding hydrogens is 419 g/mol. The molecule has 3 aromatic rings. The van der Waals surface area contributed by atoms with Crippen LogP contribution in [0, 0.1) is 0 Å². The first-order valence-corrected chi connectivity index (χ1v) is 9.72. The molecule has 4 rings (SSSR count). The Morgan fingerprint density at radius 1 is 1.27 bits per heavy atom. The zero-order valence-corrected chi connectivity index (χ0v) is 16.1. The van der Waals surface area contributed by atoms with E-state index in [-0.39, 0.29) is 28.0 Å². The summed E-state index contributed by atoms with van der Waals surface area (Å²) >= 11 is 1.24. The summed E-state index contributed by atoms with van der Waals surface area (Å²) in [6.07, 6.45) is -0.753. The van der Waals surface area contributed by atoms with Gasteiger partial charge in [-0.3, -0.25) is 14.9 Å². The third kappa shape index (κ3) is 4.13. The first-order chi connectivity index (χ1) is 14.3. The maximum Gasteiger partial charge on any atom is 0.573 e. The summed E-state index contributed by atoms with van der Waals surface area (Å²) in [6, 6.07) is 6.71. The molecule has 0 aliphatic heterocycles. The van der Waals surface area contributed by atoms with Gasteiger partial charge in [-0.15, -0.1) is 24.5 Å². The number of rotatable bonds is 4. The lowest BCUT2D eigenvalue weighted by atomic mass is 9.93. The number of carbonyl (C=O) groups is 1. The number of fused-ring (bicyclic) bond motifs is 1. The highest BCUT2D eigenvalue weighted by Crippen LogP contribution is 2.34. The monoisotopic (exact) mass is 433 g/mol. The Morgan fingerprint density at radius 2 is 2.07 bits per heavy atom. The molecule has 6 nitrogen and oxygen atoms in total. The molecule has 0 atom stereocenters. The van der Waals surface area contributed by atoms with Gasteiger partial charge in [-0.2, -0.15) is 0 Å². The zero-order chi connectivity index (χ0) is 21.3. The van der Waals surface area contributed by atoms with E-state index < -0.39 is 18.0 Å². The number of alkyl halides is 3. The molecular formula is C20H14F3N3O3S. The van der Waals surface area contributed by atoms with Crippen molar-refractivity contribution in [3.63, 3.8) is 0 Å². The normalized spacial score (nSPS) is 13.4. The number of para-hydroxylation sites is 1. The molecule has 2 aromatic heterocycles. The molecule has 2 N–H and O–H groups in total. The molecule has 0 unspecified atom stereocenters. The highest BCUT2D eigenvalue weighted by molar-refractivity contribution is 7.13. The number of thiazole rings is 1. The van der Waals surface area contributed by atoms with Gasteiger partial charge in [0.05, 0.1) is 17.0 Å². The Balaban J connectivity index is 1.77. The first kappa shape index (κ1) is 19.9. The van der Waals surface area contributed by atoms with Crippen LogP contribution in [0.1, 0.15) is 17.7 Å². The SMILES string of the molecule is O=C(Nc1nccs1)C1=CCCc2c1[nH]c(-c1ccccc1OC(F)(F)F)cc2=O. The number of allylic oxidation sites excluding steroid dienone is 1. The molecule has 1 aliphatic rings. The van der Waals surface area contributed by atoms with Gasteiger partial charge in [0.15, 0.2) is 10.6 Å². The summed E-state index contributed by atoms with van der Waals surface area (Å²) in [5, 5.41) is 4.76. The maximum atomic E-state index is 12.8. The predicted molar refractivity (Wildman–Crippen MR) is 106 cm³/mol. The largest absolute Gasteiger partial charge is 0.573 e. The number of pyridine rings is 1. The van der Waals surface area contributed by atoms with Crippen molar-refractivity contribution >= 4 is 27.9 Å². The summed E-state index contributed by atoms with van der Waals surface area (Å²) in [7, 11) is 0. The second-order valence-corrected chi connectivity index (χ2v) is 7.29. The van der Waals surface area contributed by atoms with Gasteiger partial charge >= 0.3 is 6.36 Å². The van der Waals surface area contributed by atoms with E-state index in [2.05, 4.69) is 20.0 Å². The number of hydrogen-bond donors (Lipinski definition) is 2. The first-order valence-electron chi connectivity index (χ1n) is 8.84. The van der Waals surface area contributed by atoms with Crippen LogP contribution in [-0.2, 0) is 11.2 Å². The second kappa shape index (κ2) is 7.79. The number of nitrogens with one attached hydrogen (secondary N) is 2. The van der Waals surface area contributed by atoms with Crippen molar-refractivity contribution in [2.45, 2.75) is 19.2 Å². The van der Waals surface area contributed by atoms with Crippen molar-refractivity contribution in [3.8, 4) is 17.0 Å². The number of amides is 1. The van der Waals surface area contributed by atoms with Crippen molar-refractivity contribution in [2.24, 2.45) is 0 Å². The topological polar surface area (TPSA) is 84.1 Å². The summed E-state index contributed by atoms with van der Waals surface area (Å²) in [5.41, 5.74) is 0.723. The van der Waals surface area contributed by atoms with Crippen molar-refractivity contribution in [1.29, 1.82) is 0 Å². The molecule has 1 amide bonds. The van der Waals surface area contributed by atoms with Gasteiger partial charge in [-0.05, 0) is 25.0 Å². The minimum absolute atomic E-state index is 0.0555. The number of nitrogens with zero attached hydrogens (tertiary/aromatic N) is 1. The average Bonchev–Trinajstić information content (AvgIpc) is 3.19. The molecule has 0 radical (unpaired) electrons. The predicted octanol–water partition coefficient (Wildman–Crippen LogP) is 4.37. The van der Waals surface area contributed by atoms with Gasteiger partial charge < -0.3 is 9.72 Å². The summed E-state index contributed by atoms with van der Waals surface area (Å²) in [5.74, 6) is -0.910. The lowest BCUT2D eigenvalue weighted by Crippen LogP contribution is -2.23. The second-order valence-electron chi connectivity index (χ2n) is 6.39. The Morgan fingerprint density at radius 3 is 2.80 bits per heavy atom. The molecule has 1 aliphatic carbocycles. The van der Waals surface area contributed by atoms with E-state index in [0.29, 0.717) is 23.5 Å². The van der Waals surface area contributed by atoms with E-state index in [1.807, 2.05) is 0 Å². The number of carbonyl (C=O) groups excluding carboxylic acids is 1. The molecule has 1 aromatic carbocycles. The summed E-state index contributed by atoms with van der Waals surface area (Å²) < 4.78 is 42.4. The van der Waals surface area contributed by atoms with Gasteiger partial charge in [0.1, 0.15) is 5.75 Å². The fourth-order valence-corrected chi connectivity index (χ4v) is 3.76. The standard InChI is InChI=1S/C20H14F3N3O3S/c21-20(22,23)29-16-7-2-1-4-11(16)14-10-15(27)12-5-3-6-13(17(12)25-14)18(28)26-19-24-8-9-30-19/h1-2,4,6-10H,3,5H2,(H,25,27)(H,24,26,28). The molecule has 154 valence electrons. The molecule has 2 heterocycles. The molecule has 0 saturated heterocycles. The van der Waals surface area contributed by atoms with Crippen LogP contribution in [0.3, 0.4) is 0 Å². The Bertz CT molecular complexity index is 1180. The Labute approximate surface area is 172 Å². The van der Waals surface area contributed by atoms with Crippen LogP contribution in [0.25, 0.3) is 16.8 Å². The fraction of sp³-hybridized carbons (Fsp3) is 0.150. The Hall–Kier alpha value is -3.40. The number of ether oxygens (including phenoxy) is 1. The van der Waals surface area contributed by atoms with Crippen LogP contribution in [0.2, 0.25) is 0 Å². The van der Waals surface area contributed by atoms with Gasteiger partial charge in [-0.1, -0.05) is 18.2 Å². The Kier molecular flexibility index (Phi) is 5.17. The summed E-state index contributed by atoms with van der Waals surface area (Å²) in [6.45, 7) is 0. The van der Waals surface area contributed by atoms with Crippen LogP contribution in [0.4, 0.5) is 18.3 Å². The van der Waals surface area contributed by atoms with E-state index in [0.717, 1.165) is 6.07 Å². The zero-order valence-electron chi connectivity index (χ0n) is 15.2. The molecule has 0 spiro atoms. The van der Waals surface area contributed by atoms with Crippen LogP contribution < -0.4 is 15.5 Å². The number of anilines is 1. The van der Waals surface area contributed by atoms with Crippen LogP contribution in [0.15, 0.2) is 52.8 Å². The highest BCUT2D eigenvalue weighted by atomic mass is 32.1. The number of benzene rings is 1. The lowest BCUT2D eigenvalue weighted by molar-refractivity contribution is -0.274. The van der Waals surface area contributed by atoms with E-state index in [1.54, 1.807) is 17.7 Å². The maximum absolute atomic E-state index is 12.8. The van der Waals surface area contributed by atoms with Gasteiger partial charge in [0, 0.05) is 28.8 Å². The fourth-order valence-electron chi connectivity index (χ4n) is 3.23. The number of aromatic amines is 1. The number of aromatic nitrogens is 2. The lowest BCUT2D eigenvalue weighted by Gasteiger charge is -2.19. The van der Waals surface area contributed by atoms with Crippen LogP contribution in [0.5, 0.6) is 5.75 Å². The van der Waals surface area contributed by atoms with Crippen LogP contribution >= 0.6 is 11.3 Å². The van der Waals surface area contributed by atoms with Crippen molar-refractivity contribution in [2.75, 3.05) is 5.32 Å². The van der Waals surface area contributed by atoms with Gasteiger partial charge in [-0.25, -0.2) is 4.98 Å². The highest BCUT2D eigenvalue weighted by Gasteiger charge is 2.32. The van der Waals surface area contributed by atoms with E-state index >= 15 is 0 Å². The molecule has 30 heavy (non-hydrogen) atoms. The number of hydrogen-bond acceptors (Lipinski definition) is 5. The molecule has 10 heteroatoms. The van der Waals surface area contributed by atoms with E-state index in [9.17, 15) is 22.8 Å². The quantitative estimate of drug-likeness (QED) is 0.640. The number of halogens is 3. The molecule has 0 fully saturated rings. The minimum Gasteiger partial charge on any atom is -0.405 e. The van der Waals surface area contributed by atoms with Crippen molar-refractivity contribution < 1.29 is 22.7 Å². The van der Waals surface area contributed by atoms with Gasteiger partial charge in [0.25, 0.3) is 5.91 Å². The third-order valence-corrected chi connectivity index (χ3v) is 5.14. The smallest absolute Gasteiger partial charge is 0.405 e. The van der Waals surface area contributed by atoms with E-state index in [4.69, 9.17) is 0 Å². The minimum atomic E-state index is -4.89. The van der Waals surface area contributed by atoms with Gasteiger partial charge in [0.2, 0.25) is 0 Å². The third-order valence-electron chi connectivity index (χ3n) is 4.45. The van der Waals surface area contributed by atoms with Crippen molar-refractivity contribution in [3.05, 3.63) is 69.5 Å². The van der Waals surface area contributed by atoms with Crippen molar-refractivity contribution in [1.82, 2.24) is 9.97 Å². The molecule has 0 saturated carbocycles. The molecule has 0 bridgehead atoms. The summed E-state index contributed by atoms with van der Waals surface area (Å²) in [4.78, 5) is 32.4. The average molecular weight is 433 g/mol. The van der Waals surface area contributed by atoms with E-state index in [1.165, 1.54) is 35.6 Å².